The van der Waals surface area contributed by atoms with E-state index in [2.05, 4.69) is 5.32 Å². The topological polar surface area (TPSA) is 69.6 Å². The number of carboxylic acids is 1. The summed E-state index contributed by atoms with van der Waals surface area (Å²) in [5.41, 5.74) is 0.659. The number of nitrogens with zero attached hydrogens (tertiary/aromatic N) is 1. The summed E-state index contributed by atoms with van der Waals surface area (Å²) in [6.07, 6.45) is 1.98. The number of carbonyl (C=O) groups excluding carboxylic acids is 1. The summed E-state index contributed by atoms with van der Waals surface area (Å²) in [5, 5.41) is 11.6. The van der Waals surface area contributed by atoms with E-state index < -0.39 is 12.0 Å². The zero-order valence-corrected chi connectivity index (χ0v) is 12.7. The first-order valence-electron chi connectivity index (χ1n) is 6.34. The molecule has 0 aliphatic carbocycles. The van der Waals surface area contributed by atoms with Crippen LogP contribution in [0.3, 0.4) is 0 Å². The highest BCUT2D eigenvalue weighted by molar-refractivity contribution is 7.98. The molecule has 110 valence electrons. The Balaban J connectivity index is 2.70. The number of amides is 2. The molecule has 0 unspecified atom stereocenters. The number of nitrogens with one attached hydrogen (secondary N) is 1. The van der Waals surface area contributed by atoms with Gasteiger partial charge in [-0.05, 0) is 36.4 Å². The van der Waals surface area contributed by atoms with Crippen LogP contribution in [0.15, 0.2) is 29.2 Å². The average Bonchev–Trinajstić information content (AvgIpc) is 2.37. The van der Waals surface area contributed by atoms with Crippen molar-refractivity contribution in [3.8, 4) is 0 Å². The largest absolute Gasteiger partial charge is 0.480 e. The lowest BCUT2D eigenvalue weighted by atomic mass is 10.2. The first-order valence-corrected chi connectivity index (χ1v) is 7.56. The smallest absolute Gasteiger partial charge is 0.323 e. The lowest BCUT2D eigenvalue weighted by Gasteiger charge is -2.23. The summed E-state index contributed by atoms with van der Waals surface area (Å²) in [5.74, 6) is -0.808. The summed E-state index contributed by atoms with van der Waals surface area (Å²) < 4.78 is 0. The normalized spacial score (nSPS) is 10.4. The van der Waals surface area contributed by atoms with Crippen molar-refractivity contribution >= 4 is 29.4 Å². The van der Waals surface area contributed by atoms with Gasteiger partial charge in [0.2, 0.25) is 0 Å². The molecule has 0 aliphatic heterocycles. The van der Waals surface area contributed by atoms with Gasteiger partial charge in [0.25, 0.3) is 0 Å². The van der Waals surface area contributed by atoms with E-state index in [1.807, 2.05) is 32.2 Å². The van der Waals surface area contributed by atoms with E-state index >= 15 is 0 Å². The Morgan fingerprint density at radius 2 is 1.90 bits per heavy atom. The van der Waals surface area contributed by atoms with Gasteiger partial charge in [-0.2, -0.15) is 0 Å². The van der Waals surface area contributed by atoms with Crippen molar-refractivity contribution in [2.75, 3.05) is 24.7 Å². The average molecular weight is 296 g/mol. The third-order valence-corrected chi connectivity index (χ3v) is 3.28. The number of benzene rings is 1. The Hall–Kier alpha value is -1.69. The van der Waals surface area contributed by atoms with Crippen molar-refractivity contribution in [2.24, 2.45) is 5.92 Å². The van der Waals surface area contributed by atoms with Crippen LogP contribution >= 0.6 is 11.8 Å². The van der Waals surface area contributed by atoms with Crippen molar-refractivity contribution in [3.63, 3.8) is 0 Å². The molecule has 0 aliphatic rings. The highest BCUT2D eigenvalue weighted by Crippen LogP contribution is 2.17. The molecule has 0 radical (unpaired) electrons. The lowest BCUT2D eigenvalue weighted by molar-refractivity contribution is -0.137. The minimum absolute atomic E-state index is 0.207. The molecule has 2 amide bonds. The molecule has 0 fully saturated rings. The van der Waals surface area contributed by atoms with Gasteiger partial charge in [0.05, 0.1) is 0 Å². The highest BCUT2D eigenvalue weighted by Gasteiger charge is 2.17. The SMILES string of the molecule is CSc1ccc(NC(=O)N(CC(=O)O)CC(C)C)cc1. The number of rotatable bonds is 6. The number of hydrogen-bond acceptors (Lipinski definition) is 3. The third-order valence-electron chi connectivity index (χ3n) is 2.54. The summed E-state index contributed by atoms with van der Waals surface area (Å²) in [6.45, 7) is 3.98. The first-order chi connectivity index (χ1) is 9.42. The molecular weight excluding hydrogens is 276 g/mol. The highest BCUT2D eigenvalue weighted by atomic mass is 32.2. The predicted molar refractivity (Wildman–Crippen MR) is 81.3 cm³/mol. The number of anilines is 1. The molecule has 0 aromatic heterocycles. The van der Waals surface area contributed by atoms with Gasteiger partial charge in [0.15, 0.2) is 0 Å². The fourth-order valence-corrected chi connectivity index (χ4v) is 2.11. The number of aliphatic carboxylic acids is 1. The second kappa shape index (κ2) is 7.79. The molecular formula is C14H20N2O3S. The van der Waals surface area contributed by atoms with Crippen LogP contribution in [0.25, 0.3) is 0 Å². The quantitative estimate of drug-likeness (QED) is 0.792. The summed E-state index contributed by atoms with van der Waals surface area (Å²) in [6, 6.07) is 7.03. The number of thioether (sulfide) groups is 1. The monoisotopic (exact) mass is 296 g/mol. The fraction of sp³-hybridized carbons (Fsp3) is 0.429. The Morgan fingerprint density at radius 3 is 2.35 bits per heavy atom. The van der Waals surface area contributed by atoms with Crippen molar-refractivity contribution in [2.45, 2.75) is 18.7 Å². The number of carboxylic acid groups (broad SMARTS) is 1. The minimum atomic E-state index is -1.02. The molecule has 20 heavy (non-hydrogen) atoms. The van der Waals surface area contributed by atoms with Gasteiger partial charge in [0.1, 0.15) is 6.54 Å². The molecule has 1 aromatic rings. The van der Waals surface area contributed by atoms with Crippen molar-refractivity contribution < 1.29 is 14.7 Å². The molecule has 2 N–H and O–H groups in total. The van der Waals surface area contributed by atoms with Crippen LogP contribution in [0.5, 0.6) is 0 Å². The van der Waals surface area contributed by atoms with Gasteiger partial charge in [-0.3, -0.25) is 4.79 Å². The summed E-state index contributed by atoms with van der Waals surface area (Å²) in [7, 11) is 0. The lowest BCUT2D eigenvalue weighted by Crippen LogP contribution is -2.40. The molecule has 0 heterocycles. The fourth-order valence-electron chi connectivity index (χ4n) is 1.70. The zero-order chi connectivity index (χ0) is 15.1. The number of urea groups is 1. The van der Waals surface area contributed by atoms with Crippen molar-refractivity contribution in [3.05, 3.63) is 24.3 Å². The molecule has 0 atom stereocenters. The van der Waals surface area contributed by atoms with E-state index in [0.29, 0.717) is 12.2 Å². The van der Waals surface area contributed by atoms with E-state index in [1.54, 1.807) is 23.9 Å². The van der Waals surface area contributed by atoms with Crippen molar-refractivity contribution in [1.82, 2.24) is 4.90 Å². The van der Waals surface area contributed by atoms with E-state index in [9.17, 15) is 9.59 Å². The second-order valence-electron chi connectivity index (χ2n) is 4.83. The third kappa shape index (κ3) is 5.52. The van der Waals surface area contributed by atoms with Gasteiger partial charge >= 0.3 is 12.0 Å². The molecule has 5 nitrogen and oxygen atoms in total. The second-order valence-corrected chi connectivity index (χ2v) is 5.71. The maximum atomic E-state index is 12.1. The van der Waals surface area contributed by atoms with Crippen LogP contribution < -0.4 is 5.32 Å². The first kappa shape index (κ1) is 16.4. The Bertz CT molecular complexity index is 460. The van der Waals surface area contributed by atoms with Crippen LogP contribution in [-0.4, -0.2) is 41.4 Å². The van der Waals surface area contributed by atoms with Crippen LogP contribution in [0, 0.1) is 5.92 Å². The van der Waals surface area contributed by atoms with Crippen LogP contribution in [0.2, 0.25) is 0 Å². The van der Waals surface area contributed by atoms with Crippen molar-refractivity contribution in [1.29, 1.82) is 0 Å². The Labute approximate surface area is 123 Å². The zero-order valence-electron chi connectivity index (χ0n) is 11.9. The van der Waals surface area contributed by atoms with Gasteiger partial charge in [-0.25, -0.2) is 4.79 Å². The molecule has 0 saturated carbocycles. The number of hydrogen-bond donors (Lipinski definition) is 2. The Morgan fingerprint density at radius 1 is 1.30 bits per heavy atom. The number of carbonyl (C=O) groups is 2. The van der Waals surface area contributed by atoms with Gasteiger partial charge in [0, 0.05) is 17.1 Å². The minimum Gasteiger partial charge on any atom is -0.480 e. The maximum absolute atomic E-state index is 12.1. The van der Waals surface area contributed by atoms with E-state index in [0.717, 1.165) is 4.90 Å². The summed E-state index contributed by atoms with van der Waals surface area (Å²) in [4.78, 5) is 25.3. The van der Waals surface area contributed by atoms with E-state index in [1.165, 1.54) is 4.90 Å². The van der Waals surface area contributed by atoms with Gasteiger partial charge in [-0.15, -0.1) is 11.8 Å². The van der Waals surface area contributed by atoms with E-state index in [4.69, 9.17) is 5.11 Å². The van der Waals surface area contributed by atoms with E-state index in [-0.39, 0.29) is 12.5 Å². The molecule has 0 bridgehead atoms. The van der Waals surface area contributed by atoms with Crippen LogP contribution in [0.1, 0.15) is 13.8 Å². The van der Waals surface area contributed by atoms with Gasteiger partial charge in [-0.1, -0.05) is 13.8 Å². The van der Waals surface area contributed by atoms with Crippen LogP contribution in [0.4, 0.5) is 10.5 Å². The maximum Gasteiger partial charge on any atom is 0.323 e. The van der Waals surface area contributed by atoms with Crippen LogP contribution in [-0.2, 0) is 4.79 Å². The van der Waals surface area contributed by atoms with Gasteiger partial charge < -0.3 is 15.3 Å². The molecule has 6 heteroatoms. The molecule has 1 rings (SSSR count). The predicted octanol–water partition coefficient (Wildman–Crippen LogP) is 2.98. The molecule has 0 saturated heterocycles. The molecule has 0 spiro atoms. The standard InChI is InChI=1S/C14H20N2O3S/c1-10(2)8-16(9-13(17)18)14(19)15-11-4-6-12(20-3)7-5-11/h4-7,10H,8-9H2,1-3H3,(H,15,19)(H,17,18). The Kier molecular flexibility index (Phi) is 6.38. The summed E-state index contributed by atoms with van der Waals surface area (Å²) >= 11 is 1.62. The molecule has 1 aromatic carbocycles.